The van der Waals surface area contributed by atoms with Gasteiger partial charge in [0.1, 0.15) is 0 Å². The van der Waals surface area contributed by atoms with Crippen LogP contribution in [0.1, 0.15) is 24.0 Å². The van der Waals surface area contributed by atoms with Crippen molar-refractivity contribution in [2.45, 2.75) is 32.2 Å². The molecule has 0 spiro atoms. The number of hydrogen-bond donors (Lipinski definition) is 0. The van der Waals surface area contributed by atoms with Crippen molar-refractivity contribution in [1.82, 2.24) is 4.90 Å². The SMILES string of the molecule is COCc1cc(CN2CCCC(C(F)(F)F)C2)ccc1Br. The van der Waals surface area contributed by atoms with Crippen LogP contribution in [0.4, 0.5) is 13.2 Å². The lowest BCUT2D eigenvalue weighted by molar-refractivity contribution is -0.187. The highest BCUT2D eigenvalue weighted by molar-refractivity contribution is 9.10. The number of hydrogen-bond acceptors (Lipinski definition) is 2. The third kappa shape index (κ3) is 4.69. The first kappa shape index (κ1) is 16.8. The normalized spacial score (nSPS) is 20.7. The first-order chi connectivity index (χ1) is 9.90. The fourth-order valence-electron chi connectivity index (χ4n) is 2.72. The van der Waals surface area contributed by atoms with Crippen LogP contribution < -0.4 is 0 Å². The van der Waals surface area contributed by atoms with Gasteiger partial charge in [-0.15, -0.1) is 0 Å². The van der Waals surface area contributed by atoms with Gasteiger partial charge in [-0.3, -0.25) is 4.90 Å². The minimum atomic E-state index is -4.08. The van der Waals surface area contributed by atoms with E-state index in [1.54, 1.807) is 7.11 Å². The van der Waals surface area contributed by atoms with Crippen molar-refractivity contribution in [3.63, 3.8) is 0 Å². The van der Waals surface area contributed by atoms with Crippen molar-refractivity contribution >= 4 is 15.9 Å². The molecule has 0 radical (unpaired) electrons. The van der Waals surface area contributed by atoms with Gasteiger partial charge in [-0.2, -0.15) is 13.2 Å². The van der Waals surface area contributed by atoms with E-state index in [9.17, 15) is 13.2 Å². The maximum Gasteiger partial charge on any atom is 0.393 e. The van der Waals surface area contributed by atoms with Crippen LogP contribution in [0, 0.1) is 5.92 Å². The monoisotopic (exact) mass is 365 g/mol. The van der Waals surface area contributed by atoms with Gasteiger partial charge in [0.25, 0.3) is 0 Å². The second kappa shape index (κ2) is 7.11. The lowest BCUT2D eigenvalue weighted by Crippen LogP contribution is -2.41. The molecule has 1 fully saturated rings. The molecule has 1 aromatic rings. The Morgan fingerprint density at radius 1 is 1.38 bits per heavy atom. The van der Waals surface area contributed by atoms with Crippen LogP contribution in [-0.4, -0.2) is 31.3 Å². The summed E-state index contributed by atoms with van der Waals surface area (Å²) in [5.74, 6) is -1.19. The Labute approximate surface area is 131 Å². The molecule has 2 rings (SSSR count). The quantitative estimate of drug-likeness (QED) is 0.785. The molecule has 1 saturated heterocycles. The van der Waals surface area contributed by atoms with Crippen molar-refractivity contribution in [3.05, 3.63) is 33.8 Å². The molecule has 6 heteroatoms. The van der Waals surface area contributed by atoms with E-state index in [-0.39, 0.29) is 13.0 Å². The molecule has 1 atom stereocenters. The predicted molar refractivity (Wildman–Crippen MR) is 78.9 cm³/mol. The fourth-order valence-corrected chi connectivity index (χ4v) is 3.08. The Balaban J connectivity index is 2.02. The molecule has 21 heavy (non-hydrogen) atoms. The zero-order valence-electron chi connectivity index (χ0n) is 11.9. The number of rotatable bonds is 4. The minimum Gasteiger partial charge on any atom is -0.380 e. The molecular formula is C15H19BrF3NO. The number of alkyl halides is 3. The molecule has 0 saturated carbocycles. The van der Waals surface area contributed by atoms with Crippen LogP contribution in [0.15, 0.2) is 22.7 Å². The summed E-state index contributed by atoms with van der Waals surface area (Å²) in [6.07, 6.45) is -3.24. The largest absolute Gasteiger partial charge is 0.393 e. The molecular weight excluding hydrogens is 347 g/mol. The third-order valence-electron chi connectivity index (χ3n) is 3.78. The van der Waals surface area contributed by atoms with Crippen molar-refractivity contribution in [2.75, 3.05) is 20.2 Å². The van der Waals surface area contributed by atoms with Gasteiger partial charge >= 0.3 is 6.18 Å². The predicted octanol–water partition coefficient (Wildman–Crippen LogP) is 4.37. The van der Waals surface area contributed by atoms with Crippen molar-refractivity contribution in [1.29, 1.82) is 0 Å². The van der Waals surface area contributed by atoms with Gasteiger partial charge < -0.3 is 4.74 Å². The zero-order chi connectivity index (χ0) is 15.5. The summed E-state index contributed by atoms with van der Waals surface area (Å²) in [6.45, 7) is 1.86. The van der Waals surface area contributed by atoms with Gasteiger partial charge in [-0.25, -0.2) is 0 Å². The number of likely N-dealkylation sites (tertiary alicyclic amines) is 1. The Morgan fingerprint density at radius 2 is 2.14 bits per heavy atom. The number of halogens is 4. The number of piperidine rings is 1. The maximum atomic E-state index is 12.8. The Hall–Kier alpha value is -0.590. The molecule has 1 aliphatic heterocycles. The van der Waals surface area contributed by atoms with E-state index in [1.807, 2.05) is 23.1 Å². The molecule has 0 aliphatic carbocycles. The van der Waals surface area contributed by atoms with Crippen LogP contribution >= 0.6 is 15.9 Å². The standard InChI is InChI=1S/C15H19BrF3NO/c1-21-10-12-7-11(4-5-14(12)16)8-20-6-2-3-13(9-20)15(17,18)19/h4-5,7,13H,2-3,6,8-10H2,1H3. The fraction of sp³-hybridized carbons (Fsp3) is 0.600. The number of methoxy groups -OCH3 is 1. The summed E-state index contributed by atoms with van der Waals surface area (Å²) in [5, 5.41) is 0. The van der Waals surface area contributed by atoms with Crippen LogP contribution in [0.2, 0.25) is 0 Å². The lowest BCUT2D eigenvalue weighted by atomic mass is 9.97. The van der Waals surface area contributed by atoms with Crippen LogP contribution in [-0.2, 0) is 17.9 Å². The average molecular weight is 366 g/mol. The second-order valence-corrected chi connectivity index (χ2v) is 6.33. The van der Waals surface area contributed by atoms with Gasteiger partial charge in [-0.1, -0.05) is 28.1 Å². The molecule has 118 valence electrons. The highest BCUT2D eigenvalue weighted by atomic mass is 79.9. The Morgan fingerprint density at radius 3 is 2.81 bits per heavy atom. The smallest absolute Gasteiger partial charge is 0.380 e. The molecule has 1 aromatic carbocycles. The van der Waals surface area contributed by atoms with Gasteiger partial charge in [0.15, 0.2) is 0 Å². The Kier molecular flexibility index (Phi) is 5.68. The van der Waals surface area contributed by atoms with Crippen molar-refractivity contribution in [3.8, 4) is 0 Å². The van der Waals surface area contributed by atoms with Crippen molar-refractivity contribution in [2.24, 2.45) is 5.92 Å². The van der Waals surface area contributed by atoms with E-state index in [2.05, 4.69) is 15.9 Å². The molecule has 0 bridgehead atoms. The first-order valence-electron chi connectivity index (χ1n) is 6.95. The summed E-state index contributed by atoms with van der Waals surface area (Å²) in [7, 11) is 1.62. The van der Waals surface area contributed by atoms with E-state index in [1.165, 1.54) is 0 Å². The summed E-state index contributed by atoms with van der Waals surface area (Å²) >= 11 is 3.45. The number of benzene rings is 1. The van der Waals surface area contributed by atoms with Gasteiger partial charge in [0, 0.05) is 24.7 Å². The number of ether oxygens (including phenoxy) is 1. The topological polar surface area (TPSA) is 12.5 Å². The third-order valence-corrected chi connectivity index (χ3v) is 4.56. The van der Waals surface area contributed by atoms with E-state index >= 15 is 0 Å². The highest BCUT2D eigenvalue weighted by Gasteiger charge is 2.41. The van der Waals surface area contributed by atoms with E-state index in [4.69, 9.17) is 4.74 Å². The van der Waals surface area contributed by atoms with E-state index in [0.29, 0.717) is 19.6 Å². The molecule has 0 aromatic heterocycles. The zero-order valence-corrected chi connectivity index (χ0v) is 13.5. The molecule has 1 heterocycles. The minimum absolute atomic E-state index is 0.0964. The van der Waals surface area contributed by atoms with Crippen LogP contribution in [0.5, 0.6) is 0 Å². The summed E-state index contributed by atoms with van der Waals surface area (Å²) in [4.78, 5) is 1.89. The van der Waals surface area contributed by atoms with Crippen molar-refractivity contribution < 1.29 is 17.9 Å². The molecule has 0 amide bonds. The molecule has 1 unspecified atom stereocenters. The first-order valence-corrected chi connectivity index (χ1v) is 7.74. The second-order valence-electron chi connectivity index (χ2n) is 5.47. The molecule has 2 nitrogen and oxygen atoms in total. The molecule has 1 aliphatic rings. The summed E-state index contributed by atoms with van der Waals surface area (Å²) < 4.78 is 44.5. The number of nitrogens with zero attached hydrogens (tertiary/aromatic N) is 1. The molecule has 0 N–H and O–H groups in total. The van der Waals surface area contributed by atoms with Gasteiger partial charge in [0.05, 0.1) is 12.5 Å². The highest BCUT2D eigenvalue weighted by Crippen LogP contribution is 2.33. The van der Waals surface area contributed by atoms with E-state index in [0.717, 1.165) is 22.1 Å². The van der Waals surface area contributed by atoms with Crippen LogP contribution in [0.25, 0.3) is 0 Å². The Bertz CT molecular complexity index is 478. The summed E-state index contributed by atoms with van der Waals surface area (Å²) in [6, 6.07) is 5.86. The average Bonchev–Trinajstić information content (AvgIpc) is 2.42. The maximum absolute atomic E-state index is 12.8. The van der Waals surface area contributed by atoms with Gasteiger partial charge in [-0.05, 0) is 36.6 Å². The summed E-state index contributed by atoms with van der Waals surface area (Å²) in [5.41, 5.74) is 2.03. The van der Waals surface area contributed by atoms with E-state index < -0.39 is 12.1 Å². The van der Waals surface area contributed by atoms with Gasteiger partial charge in [0.2, 0.25) is 0 Å². The lowest BCUT2D eigenvalue weighted by Gasteiger charge is -2.33. The van der Waals surface area contributed by atoms with Crippen LogP contribution in [0.3, 0.4) is 0 Å².